The van der Waals surface area contributed by atoms with Gasteiger partial charge in [-0.2, -0.15) is 0 Å². The molecule has 458 valence electrons. The number of rotatable bonds is 58. The van der Waals surface area contributed by atoms with E-state index in [0.717, 1.165) is 64.2 Å². The molecular formula is C67H125NO10. The molecule has 0 radical (unpaired) electrons. The van der Waals surface area contributed by atoms with Crippen LogP contribution in [0.4, 0.5) is 0 Å². The number of allylic oxidation sites excluding steroid dienone is 5. The summed E-state index contributed by atoms with van der Waals surface area (Å²) in [6.45, 7) is 4.31. The van der Waals surface area contributed by atoms with Crippen molar-refractivity contribution in [3.63, 3.8) is 0 Å². The fraction of sp³-hybridized carbons (Fsp3) is 0.881. The van der Waals surface area contributed by atoms with Gasteiger partial charge in [0, 0.05) is 12.8 Å². The summed E-state index contributed by atoms with van der Waals surface area (Å²) in [5.41, 5.74) is 0. The first kappa shape index (κ1) is 73.9. The Morgan fingerprint density at radius 2 is 0.859 bits per heavy atom. The van der Waals surface area contributed by atoms with Crippen LogP contribution in [-0.2, 0) is 23.8 Å². The van der Waals surface area contributed by atoms with Crippen LogP contribution in [0.2, 0.25) is 0 Å². The van der Waals surface area contributed by atoms with Crippen LogP contribution in [0, 0.1) is 0 Å². The smallest absolute Gasteiger partial charge is 0.305 e. The van der Waals surface area contributed by atoms with E-state index >= 15 is 0 Å². The average molecular weight is 1100 g/mol. The van der Waals surface area contributed by atoms with Crippen molar-refractivity contribution < 1.29 is 49.3 Å². The second-order valence-corrected chi connectivity index (χ2v) is 23.2. The molecule has 0 aliphatic carbocycles. The maximum Gasteiger partial charge on any atom is 0.305 e. The molecule has 7 atom stereocenters. The second-order valence-electron chi connectivity index (χ2n) is 23.2. The van der Waals surface area contributed by atoms with Crippen molar-refractivity contribution in [1.29, 1.82) is 0 Å². The molecule has 6 N–H and O–H groups in total. The fourth-order valence-corrected chi connectivity index (χ4v) is 10.5. The number of hydrogen-bond donors (Lipinski definition) is 6. The number of esters is 1. The summed E-state index contributed by atoms with van der Waals surface area (Å²) < 4.78 is 16.7. The van der Waals surface area contributed by atoms with Crippen molar-refractivity contribution in [2.75, 3.05) is 19.8 Å². The third kappa shape index (κ3) is 45.5. The zero-order valence-electron chi connectivity index (χ0n) is 50.6. The highest BCUT2D eigenvalue weighted by Crippen LogP contribution is 2.23. The summed E-state index contributed by atoms with van der Waals surface area (Å²) in [4.78, 5) is 25.1. The van der Waals surface area contributed by atoms with Gasteiger partial charge in [-0.25, -0.2) is 0 Å². The maximum atomic E-state index is 13.0. The van der Waals surface area contributed by atoms with Crippen molar-refractivity contribution in [3.8, 4) is 0 Å². The van der Waals surface area contributed by atoms with E-state index in [1.165, 1.54) is 225 Å². The molecule has 0 spiro atoms. The molecule has 1 fully saturated rings. The number of amides is 1. The summed E-state index contributed by atoms with van der Waals surface area (Å²) in [6.07, 6.45) is 61.3. The Hall–Kier alpha value is -2.12. The first-order chi connectivity index (χ1) is 38.2. The number of carbonyl (C=O) groups excluding carboxylic acids is 2. The molecular weight excluding hydrogens is 979 g/mol. The Balaban J connectivity index is 1.94. The summed E-state index contributed by atoms with van der Waals surface area (Å²) in [5.74, 6) is -0.189. The van der Waals surface area contributed by atoms with Gasteiger partial charge >= 0.3 is 5.97 Å². The van der Waals surface area contributed by atoms with E-state index in [1.807, 2.05) is 6.08 Å². The Kier molecular flexibility index (Phi) is 53.7. The minimum absolute atomic E-state index is 0.00762. The van der Waals surface area contributed by atoms with Gasteiger partial charge in [-0.1, -0.05) is 275 Å². The summed E-state index contributed by atoms with van der Waals surface area (Å²) in [5, 5.41) is 54.3. The number of carbonyl (C=O) groups is 2. The molecule has 0 saturated carbocycles. The van der Waals surface area contributed by atoms with E-state index in [0.29, 0.717) is 19.4 Å². The van der Waals surface area contributed by atoms with Crippen molar-refractivity contribution in [2.45, 2.75) is 358 Å². The van der Waals surface area contributed by atoms with Crippen molar-refractivity contribution >= 4 is 11.9 Å². The average Bonchev–Trinajstić information content (AvgIpc) is 3.43. The van der Waals surface area contributed by atoms with Gasteiger partial charge in [0.05, 0.1) is 32.0 Å². The van der Waals surface area contributed by atoms with Crippen LogP contribution in [0.25, 0.3) is 0 Å². The van der Waals surface area contributed by atoms with Crippen molar-refractivity contribution in [2.24, 2.45) is 0 Å². The van der Waals surface area contributed by atoms with Crippen LogP contribution in [0.3, 0.4) is 0 Å². The van der Waals surface area contributed by atoms with Crippen molar-refractivity contribution in [1.82, 2.24) is 5.32 Å². The SMILES string of the molecule is CCCCCC/C=C\C/C=C\CCCCCCCC(=O)OCCCCCCCCCCCCCCCCCCCCCCCCCCCC(=O)NC(COC1OC(CO)C(O)C(O)C1O)C(O)/C=C/CCCCCCCCC. The summed E-state index contributed by atoms with van der Waals surface area (Å²) in [7, 11) is 0. The first-order valence-corrected chi connectivity index (χ1v) is 33.3. The van der Waals surface area contributed by atoms with E-state index in [1.54, 1.807) is 6.08 Å². The lowest BCUT2D eigenvalue weighted by molar-refractivity contribution is -0.302. The predicted molar refractivity (Wildman–Crippen MR) is 324 cm³/mol. The van der Waals surface area contributed by atoms with Gasteiger partial charge in [0.1, 0.15) is 24.4 Å². The monoisotopic (exact) mass is 1100 g/mol. The van der Waals surface area contributed by atoms with E-state index in [9.17, 15) is 35.1 Å². The molecule has 0 aromatic rings. The molecule has 11 heteroatoms. The highest BCUT2D eigenvalue weighted by atomic mass is 16.7. The zero-order chi connectivity index (χ0) is 56.6. The molecule has 11 nitrogen and oxygen atoms in total. The van der Waals surface area contributed by atoms with Gasteiger partial charge < -0.3 is 45.1 Å². The maximum absolute atomic E-state index is 13.0. The van der Waals surface area contributed by atoms with Gasteiger partial charge in [-0.3, -0.25) is 9.59 Å². The Morgan fingerprint density at radius 1 is 0.474 bits per heavy atom. The molecule has 1 heterocycles. The Labute approximate surface area is 479 Å². The molecule has 0 aromatic carbocycles. The van der Waals surface area contributed by atoms with Crippen LogP contribution in [0.1, 0.15) is 316 Å². The van der Waals surface area contributed by atoms with E-state index in [4.69, 9.17) is 14.2 Å². The number of aliphatic hydroxyl groups is 5. The second kappa shape index (κ2) is 56.7. The summed E-state index contributed by atoms with van der Waals surface area (Å²) in [6, 6.07) is -0.807. The lowest BCUT2D eigenvalue weighted by Gasteiger charge is -2.40. The van der Waals surface area contributed by atoms with Crippen molar-refractivity contribution in [3.05, 3.63) is 36.5 Å². The normalized spacial score (nSPS) is 18.7. The molecule has 1 aliphatic rings. The van der Waals surface area contributed by atoms with E-state index < -0.39 is 49.5 Å². The molecule has 1 saturated heterocycles. The van der Waals surface area contributed by atoms with Crippen LogP contribution in [0.15, 0.2) is 36.5 Å². The topological polar surface area (TPSA) is 175 Å². The highest BCUT2D eigenvalue weighted by Gasteiger charge is 2.44. The third-order valence-corrected chi connectivity index (χ3v) is 15.7. The van der Waals surface area contributed by atoms with Crippen LogP contribution in [0.5, 0.6) is 0 Å². The van der Waals surface area contributed by atoms with E-state index in [-0.39, 0.29) is 18.5 Å². The van der Waals surface area contributed by atoms with Gasteiger partial charge in [0.2, 0.25) is 5.91 Å². The minimum atomic E-state index is -1.57. The largest absolute Gasteiger partial charge is 0.466 e. The van der Waals surface area contributed by atoms with Crippen LogP contribution in [-0.4, -0.2) is 100 Å². The molecule has 78 heavy (non-hydrogen) atoms. The lowest BCUT2D eigenvalue weighted by Crippen LogP contribution is -2.60. The molecule has 1 rings (SSSR count). The van der Waals surface area contributed by atoms with Gasteiger partial charge in [0.25, 0.3) is 0 Å². The number of aliphatic hydroxyl groups excluding tert-OH is 5. The molecule has 7 unspecified atom stereocenters. The standard InChI is InChI=1S/C67H125NO10/c1-3-5-7-9-11-13-14-15-16-29-32-35-39-43-47-51-55-63(72)76-56-52-48-44-40-36-33-30-27-25-23-21-19-17-18-20-22-24-26-28-31-34-38-42-46-50-54-62(71)68-59(60(70)53-49-45-41-37-12-10-8-6-4-2)58-77-67-66(75)65(74)64(73)61(57-69)78-67/h13-14,16,29,49,53,59-61,64-67,69-70,73-75H,3-12,15,17-28,30-48,50-52,54-58H2,1-2H3,(H,68,71)/b14-13-,29-16-,53-49+. The van der Waals surface area contributed by atoms with Gasteiger partial charge in [-0.15, -0.1) is 0 Å². The fourth-order valence-electron chi connectivity index (χ4n) is 10.5. The minimum Gasteiger partial charge on any atom is -0.466 e. The van der Waals surface area contributed by atoms with Gasteiger partial charge in [-0.05, 0) is 64.2 Å². The molecule has 1 amide bonds. The molecule has 0 bridgehead atoms. The highest BCUT2D eigenvalue weighted by molar-refractivity contribution is 5.76. The zero-order valence-corrected chi connectivity index (χ0v) is 50.6. The summed E-state index contributed by atoms with van der Waals surface area (Å²) >= 11 is 0. The first-order valence-electron chi connectivity index (χ1n) is 33.3. The Bertz CT molecular complexity index is 1390. The number of ether oxygens (including phenoxy) is 3. The Morgan fingerprint density at radius 3 is 1.31 bits per heavy atom. The third-order valence-electron chi connectivity index (χ3n) is 15.7. The predicted octanol–water partition coefficient (Wildman–Crippen LogP) is 16.2. The quantitative estimate of drug-likeness (QED) is 0.0195. The van der Waals surface area contributed by atoms with Crippen LogP contribution >= 0.6 is 0 Å². The van der Waals surface area contributed by atoms with Crippen LogP contribution < -0.4 is 5.32 Å². The lowest BCUT2D eigenvalue weighted by atomic mass is 9.99. The number of nitrogens with one attached hydrogen (secondary N) is 1. The number of hydrogen-bond acceptors (Lipinski definition) is 10. The van der Waals surface area contributed by atoms with Gasteiger partial charge in [0.15, 0.2) is 6.29 Å². The van der Waals surface area contributed by atoms with E-state index in [2.05, 4.69) is 43.5 Å². The molecule has 0 aromatic heterocycles. The number of unbranched alkanes of at least 4 members (excludes halogenated alkanes) is 40. The molecule has 1 aliphatic heterocycles.